The molecule has 9 rings (SSSR count). The van der Waals surface area contributed by atoms with Crippen molar-refractivity contribution in [1.82, 2.24) is 40.2 Å². The van der Waals surface area contributed by atoms with Gasteiger partial charge in [-0.3, -0.25) is 29.8 Å². The smallest absolute Gasteiger partial charge is 0.285 e. The van der Waals surface area contributed by atoms with Gasteiger partial charge in [0.1, 0.15) is 45.6 Å². The van der Waals surface area contributed by atoms with Crippen LogP contribution in [0.5, 0.6) is 23.3 Å². The van der Waals surface area contributed by atoms with Crippen molar-refractivity contribution in [2.24, 2.45) is 0 Å². The number of hydrogen-bond donors (Lipinski definition) is 2. The molecule has 64 heavy (non-hydrogen) atoms. The molecule has 0 unspecified atom stereocenters. The lowest BCUT2D eigenvalue weighted by Gasteiger charge is -2.08. The molecule has 0 aliphatic heterocycles. The molecular weight excluding hydrogens is 902 g/mol. The van der Waals surface area contributed by atoms with Crippen molar-refractivity contribution in [2.75, 3.05) is 14.1 Å². The van der Waals surface area contributed by atoms with Crippen molar-refractivity contribution in [1.29, 1.82) is 0 Å². The van der Waals surface area contributed by atoms with E-state index in [1.54, 1.807) is 30.3 Å². The lowest BCUT2D eigenvalue weighted by molar-refractivity contribution is -0.385. The molecule has 2 N–H and O–H groups in total. The number of hydrogen-bond acceptors (Lipinski definition) is 12. The lowest BCUT2D eigenvalue weighted by Crippen LogP contribution is -2.22. The van der Waals surface area contributed by atoms with Crippen LogP contribution in [0.3, 0.4) is 0 Å². The number of nitro benzene ring substituents is 2. The average molecular weight is 934 g/mol. The number of nitro groups is 2. The third-order valence-electron chi connectivity index (χ3n) is 9.86. The van der Waals surface area contributed by atoms with Crippen LogP contribution in [0.25, 0.3) is 33.2 Å². The Kier molecular flexibility index (Phi) is 11.7. The second-order valence-electron chi connectivity index (χ2n) is 14.0. The number of carbonyl (C=O) groups excluding carboxylic acids is 2. The van der Waals surface area contributed by atoms with Gasteiger partial charge in [-0.25, -0.2) is 28.1 Å². The van der Waals surface area contributed by atoms with Crippen molar-refractivity contribution >= 4 is 60.9 Å². The fourth-order valence-corrected chi connectivity index (χ4v) is 7.15. The molecule has 1 aliphatic rings. The molecule has 1 saturated carbocycles. The van der Waals surface area contributed by atoms with Crippen LogP contribution < -0.4 is 20.1 Å². The summed E-state index contributed by atoms with van der Waals surface area (Å²) in [5, 5.41) is 37.8. The van der Waals surface area contributed by atoms with Crippen LogP contribution >= 0.6 is 15.9 Å². The summed E-state index contributed by atoms with van der Waals surface area (Å²) in [5.41, 5.74) is 2.48. The first kappa shape index (κ1) is 42.5. The van der Waals surface area contributed by atoms with Crippen LogP contribution in [0.2, 0.25) is 0 Å². The topological polar surface area (TPSA) is 224 Å². The third kappa shape index (κ3) is 8.77. The Balaban J connectivity index is 0.000000175. The predicted octanol–water partition coefficient (Wildman–Crippen LogP) is 8.88. The third-order valence-corrected chi connectivity index (χ3v) is 10.5. The zero-order chi connectivity index (χ0) is 45.2. The maximum absolute atomic E-state index is 13.1. The summed E-state index contributed by atoms with van der Waals surface area (Å²) in [7, 11) is 2.99. The maximum Gasteiger partial charge on any atom is 0.285 e. The van der Waals surface area contributed by atoms with Gasteiger partial charge >= 0.3 is 0 Å². The summed E-state index contributed by atoms with van der Waals surface area (Å²) >= 11 is 3.17. The van der Waals surface area contributed by atoms with E-state index in [4.69, 9.17) is 9.47 Å². The van der Waals surface area contributed by atoms with E-state index in [-0.39, 0.29) is 68.0 Å². The van der Waals surface area contributed by atoms with Gasteiger partial charge in [0.25, 0.3) is 23.2 Å². The highest BCUT2D eigenvalue weighted by Crippen LogP contribution is 2.46. The minimum absolute atomic E-state index is 0.0132. The van der Waals surface area contributed by atoms with E-state index in [1.807, 2.05) is 0 Å². The lowest BCUT2D eigenvalue weighted by atomic mass is 10.0. The fourth-order valence-electron chi connectivity index (χ4n) is 6.66. The minimum Gasteiger partial charge on any atom is -0.439 e. The highest BCUT2D eigenvalue weighted by molar-refractivity contribution is 9.10. The van der Waals surface area contributed by atoms with Crippen LogP contribution in [0.1, 0.15) is 45.3 Å². The summed E-state index contributed by atoms with van der Waals surface area (Å²) < 4.78 is 40.3. The average Bonchev–Trinajstić information content (AvgIpc) is 3.98. The Bertz CT molecular complexity index is 3110. The van der Waals surface area contributed by atoms with E-state index in [0.717, 1.165) is 12.8 Å². The number of nitrogens with zero attached hydrogens (tertiary/aromatic N) is 8. The molecule has 0 spiro atoms. The van der Waals surface area contributed by atoms with Gasteiger partial charge in [-0.15, -0.1) is 0 Å². The van der Waals surface area contributed by atoms with Gasteiger partial charge in [0.05, 0.1) is 38.1 Å². The van der Waals surface area contributed by atoms with Crippen molar-refractivity contribution in [3.8, 4) is 34.6 Å². The van der Waals surface area contributed by atoms with Crippen LogP contribution in [0, 0.1) is 31.9 Å². The zero-order valence-electron chi connectivity index (χ0n) is 33.4. The van der Waals surface area contributed by atoms with Gasteiger partial charge in [0.15, 0.2) is 0 Å². The summed E-state index contributed by atoms with van der Waals surface area (Å²) in [6.07, 6.45) is 4.69. The Labute approximate surface area is 367 Å². The molecule has 0 atom stereocenters. The van der Waals surface area contributed by atoms with Crippen LogP contribution in [-0.2, 0) is 0 Å². The highest BCUT2D eigenvalue weighted by atomic mass is 79.9. The maximum atomic E-state index is 13.1. The Hall–Kier alpha value is -8.20. The molecule has 21 heteroatoms. The largest absolute Gasteiger partial charge is 0.439 e. The number of benzene rings is 4. The number of halogens is 3. The number of ether oxygens (including phenoxy) is 2. The van der Waals surface area contributed by atoms with Gasteiger partial charge in [0, 0.05) is 54.7 Å². The van der Waals surface area contributed by atoms with Crippen molar-refractivity contribution in [3.63, 3.8) is 0 Å². The first-order chi connectivity index (χ1) is 30.8. The number of carbonyl (C=O) groups is 2. The number of nitrogens with one attached hydrogen (secondary N) is 2. The Morgan fingerprint density at radius 3 is 1.50 bits per heavy atom. The summed E-state index contributed by atoms with van der Waals surface area (Å²) in [6, 6.07) is 23.4. The number of fused-ring (bicyclic) bond motifs is 2. The number of amides is 2. The van der Waals surface area contributed by atoms with Crippen LogP contribution in [0.15, 0.2) is 114 Å². The summed E-state index contributed by atoms with van der Waals surface area (Å²) in [6.45, 7) is 0. The van der Waals surface area contributed by atoms with E-state index in [1.165, 1.54) is 103 Å². The van der Waals surface area contributed by atoms with Crippen molar-refractivity contribution in [2.45, 2.75) is 18.8 Å². The quantitative estimate of drug-likeness (QED) is 0.0916. The van der Waals surface area contributed by atoms with E-state index < -0.39 is 15.8 Å². The van der Waals surface area contributed by atoms with Gasteiger partial charge in [-0.1, -0.05) is 0 Å². The normalized spacial score (nSPS) is 12.0. The van der Waals surface area contributed by atoms with E-state index in [2.05, 4.69) is 46.7 Å². The molecular formula is C43H31BrF2N10O8. The van der Waals surface area contributed by atoms with Crippen LogP contribution in [-0.4, -0.2) is 65.3 Å². The molecule has 1 aliphatic carbocycles. The van der Waals surface area contributed by atoms with Gasteiger partial charge in [-0.05, 0) is 107 Å². The molecule has 2 amide bonds. The van der Waals surface area contributed by atoms with Crippen LogP contribution in [0.4, 0.5) is 20.2 Å². The number of rotatable bonds is 11. The molecule has 8 aromatic rings. The summed E-state index contributed by atoms with van der Waals surface area (Å²) in [5.74, 6) is -0.0580. The molecule has 4 aromatic carbocycles. The molecule has 18 nitrogen and oxygen atoms in total. The standard InChI is InChI=1S/C23H18FN5O4.C20H13BrFN5O4/c1-25-23(30)22-18-10-17(13-2-3-13)20(29(31)32)11-19(18)27-28(22)15-6-9-21(26-12-15)33-16-7-4-14(24)5-8-16;1-23-20(28)19-14-8-15(21)17(27(29)30)9-16(14)25-26(19)12-4-7-18(24-10-12)31-13-5-2-11(22)3-6-13/h4-13H,2-3H2,1H3,(H,25,30);2-10H,1H3,(H,23,28). The highest BCUT2D eigenvalue weighted by Gasteiger charge is 2.33. The van der Waals surface area contributed by atoms with E-state index >= 15 is 0 Å². The predicted molar refractivity (Wildman–Crippen MR) is 230 cm³/mol. The first-order valence-corrected chi connectivity index (χ1v) is 19.9. The van der Waals surface area contributed by atoms with Gasteiger partial charge < -0.3 is 20.1 Å². The SMILES string of the molecule is CNC(=O)c1c2cc(Br)c([N+](=O)[O-])cc2nn1-c1ccc(Oc2ccc(F)cc2)nc1.CNC(=O)c1c2cc(C3CC3)c([N+](=O)[O-])cc2nn1-c1ccc(Oc2ccc(F)cc2)nc1. The van der Waals surface area contributed by atoms with Crippen molar-refractivity contribution in [3.05, 3.63) is 163 Å². The molecule has 0 saturated heterocycles. The molecule has 4 heterocycles. The first-order valence-electron chi connectivity index (χ1n) is 19.1. The molecule has 0 radical (unpaired) electrons. The summed E-state index contributed by atoms with van der Waals surface area (Å²) in [4.78, 5) is 55.7. The second kappa shape index (κ2) is 17.6. The molecule has 4 aromatic heterocycles. The Morgan fingerprint density at radius 2 is 1.11 bits per heavy atom. The number of pyridine rings is 2. The Morgan fingerprint density at radius 1 is 0.672 bits per heavy atom. The van der Waals surface area contributed by atoms with Gasteiger partial charge in [0.2, 0.25) is 11.8 Å². The molecule has 0 bridgehead atoms. The zero-order valence-corrected chi connectivity index (χ0v) is 34.9. The van der Waals surface area contributed by atoms with Crippen molar-refractivity contribution < 1.29 is 37.7 Å². The van der Waals surface area contributed by atoms with Gasteiger partial charge in [-0.2, -0.15) is 10.2 Å². The van der Waals surface area contributed by atoms with E-state index in [0.29, 0.717) is 44.7 Å². The minimum atomic E-state index is -0.536. The molecule has 1 fully saturated rings. The fraction of sp³-hybridized carbons (Fsp3) is 0.116. The molecule has 322 valence electrons. The van der Waals surface area contributed by atoms with E-state index in [9.17, 15) is 38.6 Å². The number of aromatic nitrogens is 6. The second-order valence-corrected chi connectivity index (χ2v) is 14.9. The monoisotopic (exact) mass is 932 g/mol.